The highest BCUT2D eigenvalue weighted by atomic mass is 32.2. The first kappa shape index (κ1) is 21.8. The van der Waals surface area contributed by atoms with E-state index in [9.17, 15) is 21.6 Å². The molecule has 0 saturated heterocycles. The van der Waals surface area contributed by atoms with E-state index in [1.807, 2.05) is 13.8 Å². The van der Waals surface area contributed by atoms with Gasteiger partial charge in [-0.25, -0.2) is 3.97 Å². The van der Waals surface area contributed by atoms with Crippen molar-refractivity contribution in [2.45, 2.75) is 26.7 Å². The quantitative estimate of drug-likeness (QED) is 0.758. The zero-order valence-corrected chi connectivity index (χ0v) is 19.0. The van der Waals surface area contributed by atoms with Crippen molar-refractivity contribution in [3.8, 4) is 0 Å². The molecule has 1 N–H and O–H groups in total. The van der Waals surface area contributed by atoms with Crippen LogP contribution in [0.25, 0.3) is 10.9 Å². The van der Waals surface area contributed by atoms with Crippen molar-refractivity contribution in [1.29, 1.82) is 0 Å². The lowest BCUT2D eigenvalue weighted by molar-refractivity contribution is 0.0913. The van der Waals surface area contributed by atoms with Crippen LogP contribution in [0.1, 0.15) is 36.3 Å². The molecule has 0 bridgehead atoms. The van der Waals surface area contributed by atoms with Crippen molar-refractivity contribution in [1.82, 2.24) is 12.6 Å². The molecule has 0 amide bonds. The molecule has 0 saturated carbocycles. The lowest BCUT2D eigenvalue weighted by atomic mass is 9.76. The number of rotatable bonds is 5. The first-order valence-corrected chi connectivity index (χ1v) is 11.8. The zero-order valence-electron chi connectivity index (χ0n) is 17.3. The largest absolute Gasteiger partial charge is 0.307 e. The molecule has 9 nitrogen and oxygen atoms in total. The number of fused-ring (bicyclic) bond motifs is 3. The minimum atomic E-state index is -3.89. The fourth-order valence-corrected chi connectivity index (χ4v) is 5.33. The monoisotopic (exact) mass is 442 g/mol. The summed E-state index contributed by atoms with van der Waals surface area (Å²) in [7, 11) is -1.97. The molecule has 1 heterocycles. The van der Waals surface area contributed by atoms with Gasteiger partial charge in [-0.1, -0.05) is 13.8 Å². The SMILES string of the molecule is CN(C)S(=O)(=O)Nc1ccc2c(c1)c1c(n2S(=O)(=O)N(C)C)CC(C)(C)CC1=O. The van der Waals surface area contributed by atoms with Gasteiger partial charge in [-0.2, -0.15) is 25.4 Å². The number of nitrogens with one attached hydrogen (secondary N) is 1. The standard InChI is InChI=1S/C18H26N4O5S2/c1-18(2)10-15-17(16(23)11-18)13-9-12(19-28(24,25)20(3)4)7-8-14(13)22(15)29(26,27)21(5)6/h7-9,19H,10-11H2,1-6H3. The second-order valence-corrected chi connectivity index (χ2v) is 12.3. The Morgan fingerprint density at radius 3 is 2.17 bits per heavy atom. The average molecular weight is 443 g/mol. The Labute approximate surface area is 171 Å². The summed E-state index contributed by atoms with van der Waals surface area (Å²) in [4.78, 5) is 13.0. The smallest absolute Gasteiger partial charge is 0.294 e. The van der Waals surface area contributed by atoms with Crippen LogP contribution in [0.4, 0.5) is 5.69 Å². The second-order valence-electron chi connectivity index (χ2n) is 8.44. The van der Waals surface area contributed by atoms with Crippen molar-refractivity contribution in [2.24, 2.45) is 5.41 Å². The molecule has 3 rings (SSSR count). The Hall–Kier alpha value is -1.95. The minimum absolute atomic E-state index is 0.151. The van der Waals surface area contributed by atoms with Gasteiger partial charge in [-0.3, -0.25) is 9.52 Å². The zero-order chi connectivity index (χ0) is 21.9. The van der Waals surface area contributed by atoms with E-state index in [1.165, 1.54) is 50.4 Å². The van der Waals surface area contributed by atoms with Crippen molar-refractivity contribution < 1.29 is 21.6 Å². The maximum absolute atomic E-state index is 13.1. The molecule has 1 aliphatic carbocycles. The molecule has 11 heteroatoms. The third-order valence-electron chi connectivity index (χ3n) is 5.00. The number of carbonyl (C=O) groups excluding carboxylic acids is 1. The van der Waals surface area contributed by atoms with Gasteiger partial charge < -0.3 is 0 Å². The Morgan fingerprint density at radius 2 is 1.62 bits per heavy atom. The Kier molecular flexibility index (Phi) is 5.10. The number of nitrogens with zero attached hydrogens (tertiary/aromatic N) is 3. The van der Waals surface area contributed by atoms with E-state index >= 15 is 0 Å². The Bertz CT molecular complexity index is 1210. The third kappa shape index (κ3) is 3.67. The molecule has 1 aromatic heterocycles. The summed E-state index contributed by atoms with van der Waals surface area (Å²) in [6, 6.07) is 4.54. The predicted molar refractivity (Wildman–Crippen MR) is 113 cm³/mol. The first-order valence-electron chi connectivity index (χ1n) is 9.01. The van der Waals surface area contributed by atoms with Gasteiger partial charge in [0.25, 0.3) is 0 Å². The van der Waals surface area contributed by atoms with Gasteiger partial charge in [0.15, 0.2) is 5.78 Å². The van der Waals surface area contributed by atoms with E-state index in [4.69, 9.17) is 0 Å². The van der Waals surface area contributed by atoms with Crippen LogP contribution in [0.15, 0.2) is 18.2 Å². The molecule has 0 fully saturated rings. The number of ketones is 1. The molecule has 29 heavy (non-hydrogen) atoms. The Balaban J connectivity index is 2.34. The molecule has 0 spiro atoms. The average Bonchev–Trinajstić information content (AvgIpc) is 2.86. The lowest BCUT2D eigenvalue weighted by Gasteiger charge is -2.30. The van der Waals surface area contributed by atoms with Gasteiger partial charge in [0.05, 0.1) is 11.2 Å². The van der Waals surface area contributed by atoms with Crippen LogP contribution in [-0.4, -0.2) is 63.4 Å². The molecular weight excluding hydrogens is 416 g/mol. The molecule has 1 aromatic carbocycles. The number of hydrogen-bond acceptors (Lipinski definition) is 5. The normalized spacial score (nSPS) is 17.2. The molecule has 0 atom stereocenters. The number of Topliss-reactive ketones (excluding diaryl/α,β-unsaturated/α-hetero) is 1. The summed E-state index contributed by atoms with van der Waals surface area (Å²) in [5.41, 5.74) is 1.000. The van der Waals surface area contributed by atoms with E-state index in [-0.39, 0.29) is 23.3 Å². The minimum Gasteiger partial charge on any atom is -0.294 e. The summed E-state index contributed by atoms with van der Waals surface area (Å²) in [6.45, 7) is 3.85. The Morgan fingerprint density at radius 1 is 1.00 bits per heavy atom. The van der Waals surface area contributed by atoms with Crippen LogP contribution in [0.2, 0.25) is 0 Å². The van der Waals surface area contributed by atoms with E-state index in [2.05, 4.69) is 4.72 Å². The van der Waals surface area contributed by atoms with Crippen LogP contribution in [-0.2, 0) is 26.8 Å². The summed E-state index contributed by atoms with van der Waals surface area (Å²) in [6.07, 6.45) is 0.698. The van der Waals surface area contributed by atoms with Crippen LogP contribution in [0, 0.1) is 5.41 Å². The van der Waals surface area contributed by atoms with Gasteiger partial charge in [0, 0.05) is 51.3 Å². The van der Waals surface area contributed by atoms with Gasteiger partial charge in [-0.05, 0) is 30.0 Å². The predicted octanol–water partition coefficient (Wildman–Crippen LogP) is 1.67. The molecule has 0 radical (unpaired) electrons. The maximum atomic E-state index is 13.1. The van der Waals surface area contributed by atoms with Gasteiger partial charge in [-0.15, -0.1) is 0 Å². The van der Waals surface area contributed by atoms with Crippen LogP contribution in [0.3, 0.4) is 0 Å². The number of anilines is 1. The lowest BCUT2D eigenvalue weighted by Crippen LogP contribution is -2.34. The van der Waals surface area contributed by atoms with Crippen LogP contribution >= 0.6 is 0 Å². The molecular formula is C18H26N4O5S2. The summed E-state index contributed by atoms with van der Waals surface area (Å²) in [5, 5.41) is 0.421. The number of carbonyl (C=O) groups is 1. The fraction of sp³-hybridized carbons (Fsp3) is 0.500. The van der Waals surface area contributed by atoms with Crippen LogP contribution < -0.4 is 4.72 Å². The van der Waals surface area contributed by atoms with E-state index in [0.717, 1.165) is 8.61 Å². The second kappa shape index (κ2) is 6.79. The summed E-state index contributed by atoms with van der Waals surface area (Å²) in [5.74, 6) is -0.151. The number of benzene rings is 1. The fourth-order valence-electron chi connectivity index (χ4n) is 3.56. The molecule has 0 unspecified atom stereocenters. The highest BCUT2D eigenvalue weighted by Crippen LogP contribution is 2.41. The number of hydrogen-bond donors (Lipinski definition) is 1. The maximum Gasteiger partial charge on any atom is 0.307 e. The van der Waals surface area contributed by atoms with E-state index < -0.39 is 20.4 Å². The van der Waals surface area contributed by atoms with Crippen molar-refractivity contribution in [3.05, 3.63) is 29.5 Å². The molecule has 0 aliphatic heterocycles. The van der Waals surface area contributed by atoms with E-state index in [1.54, 1.807) is 0 Å². The van der Waals surface area contributed by atoms with Crippen molar-refractivity contribution in [3.63, 3.8) is 0 Å². The van der Waals surface area contributed by atoms with Crippen LogP contribution in [0.5, 0.6) is 0 Å². The highest BCUT2D eigenvalue weighted by Gasteiger charge is 2.38. The summed E-state index contributed by atoms with van der Waals surface area (Å²) < 4.78 is 56.2. The first-order chi connectivity index (χ1) is 13.2. The van der Waals surface area contributed by atoms with Gasteiger partial charge in [0.1, 0.15) is 0 Å². The van der Waals surface area contributed by atoms with Gasteiger partial charge in [0.2, 0.25) is 0 Å². The molecule has 2 aromatic rings. The summed E-state index contributed by atoms with van der Waals surface area (Å²) >= 11 is 0. The third-order valence-corrected chi connectivity index (χ3v) is 8.26. The van der Waals surface area contributed by atoms with Crippen molar-refractivity contribution in [2.75, 3.05) is 32.9 Å². The number of aromatic nitrogens is 1. The van der Waals surface area contributed by atoms with E-state index in [0.29, 0.717) is 28.6 Å². The topological polar surface area (TPSA) is 109 Å². The van der Waals surface area contributed by atoms with Gasteiger partial charge >= 0.3 is 20.4 Å². The molecule has 160 valence electrons. The van der Waals surface area contributed by atoms with Crippen molar-refractivity contribution >= 4 is 42.8 Å². The highest BCUT2D eigenvalue weighted by molar-refractivity contribution is 7.90. The molecule has 1 aliphatic rings.